The number of β-lactam (4-membered cyclic amide) rings is 1. The Kier molecular flexibility index (Phi) is 9.92. The lowest BCUT2D eigenvalue weighted by Gasteiger charge is -2.51. The van der Waals surface area contributed by atoms with E-state index in [-0.39, 0.29) is 16.6 Å². The molecule has 0 aromatic carbocycles. The monoisotopic (exact) mass is 668 g/mol. The number of hydroxylamine groups is 2. The highest BCUT2D eigenvalue weighted by atomic mass is 32.3. The molecular weight excluding hydrogens is 640 g/mol. The van der Waals surface area contributed by atoms with Gasteiger partial charge in [-0.3, -0.25) is 9.59 Å². The van der Waals surface area contributed by atoms with E-state index in [0.29, 0.717) is 17.6 Å². The molecule has 2 atom stereocenters. The fourth-order valence-electron chi connectivity index (χ4n) is 3.89. The second-order valence-corrected chi connectivity index (χ2v) is 11.7. The Labute approximate surface area is 259 Å². The first kappa shape index (κ1) is 33.1. The summed E-state index contributed by atoms with van der Waals surface area (Å²) in [4.78, 5) is 54.9. The number of carbonyl (C=O) groups excluding carboxylic acids is 2. The first-order valence-electron chi connectivity index (χ1n) is 12.9. The number of ether oxygens (including phenoxy) is 1. The molecule has 3 aromatic rings. The van der Waals surface area contributed by atoms with Crippen LogP contribution in [0, 0.1) is 0 Å². The lowest BCUT2D eigenvalue weighted by Crippen LogP contribution is -2.76. The molecule has 2 amide bonds. The molecule has 0 radical (unpaired) electrons. The zero-order valence-corrected chi connectivity index (χ0v) is 25.3. The molecule has 20 nitrogen and oxygen atoms in total. The van der Waals surface area contributed by atoms with Gasteiger partial charge in [-0.2, -0.15) is 23.9 Å². The Morgan fingerprint density at radius 3 is 2.62 bits per heavy atom. The summed E-state index contributed by atoms with van der Waals surface area (Å²) in [6.45, 7) is 3.34. The molecule has 1 saturated heterocycles. The number of carboxylic acid groups (broad SMARTS) is 1. The number of imidazole rings is 1. The van der Waals surface area contributed by atoms with Crippen LogP contribution in [-0.2, 0) is 40.4 Å². The number of anilines is 1. The van der Waals surface area contributed by atoms with Gasteiger partial charge in [0, 0.05) is 5.38 Å². The van der Waals surface area contributed by atoms with E-state index in [4.69, 9.17) is 21.0 Å². The summed E-state index contributed by atoms with van der Waals surface area (Å²) in [6, 6.07) is -1.36. The van der Waals surface area contributed by atoms with Gasteiger partial charge in [-0.1, -0.05) is 5.16 Å². The van der Waals surface area contributed by atoms with E-state index in [1.165, 1.54) is 31.6 Å². The van der Waals surface area contributed by atoms with Gasteiger partial charge in [-0.05, 0) is 26.8 Å². The van der Waals surface area contributed by atoms with Crippen molar-refractivity contribution in [1.82, 2.24) is 29.9 Å². The summed E-state index contributed by atoms with van der Waals surface area (Å²) < 4.78 is 46.1. The molecule has 1 fully saturated rings. The van der Waals surface area contributed by atoms with Gasteiger partial charge >= 0.3 is 11.9 Å². The van der Waals surface area contributed by atoms with Gasteiger partial charge in [-0.25, -0.2) is 22.8 Å². The molecule has 0 bridgehead atoms. The summed E-state index contributed by atoms with van der Waals surface area (Å²) in [5.74, 6) is -3.15. The fourth-order valence-corrected chi connectivity index (χ4v) is 4.88. The van der Waals surface area contributed by atoms with Crippen LogP contribution in [0.3, 0.4) is 0 Å². The number of hydrogen-bond acceptors (Lipinski definition) is 16. The van der Waals surface area contributed by atoms with Crippen LogP contribution < -0.4 is 26.1 Å². The number of hydrogen-bond donors (Lipinski definition) is 4. The molecule has 242 valence electrons. The van der Waals surface area contributed by atoms with Crippen LogP contribution >= 0.6 is 11.3 Å². The van der Waals surface area contributed by atoms with E-state index in [2.05, 4.69) is 29.7 Å². The molecular formula is C23H28N10O10S2. The number of aromatic nitrogens is 5. The molecule has 4 rings (SSSR count). The summed E-state index contributed by atoms with van der Waals surface area (Å²) in [6.07, 6.45) is 7.09. The molecule has 45 heavy (non-hydrogen) atoms. The standard InChI is InChI=1S/C23H28N10O10S2/c1-23(2)17(19(35)33(23)43-45(38,39)40)29-18(34)16(14-11-44-21(25)28-14)30-42-15(20(36)37)10-41-13-8-26-22(27-9-13)32-7-6-31(12-32)5-3-4-24/h6-9,11-12,15,17H,3-5,10,24H2,1-2H3,(H4-,25,28,29,34,36,37,38,39,40)/b30-16-/t15?,17-/m1/s1. The largest absolute Gasteiger partial charge is 0.724 e. The van der Waals surface area contributed by atoms with E-state index < -0.39 is 58.2 Å². The van der Waals surface area contributed by atoms with Crippen molar-refractivity contribution < 1.29 is 50.9 Å². The molecule has 4 heterocycles. The van der Waals surface area contributed by atoms with Crippen molar-refractivity contribution in [2.45, 2.75) is 44.5 Å². The maximum Gasteiger partial charge on any atom is 0.351 e. The number of rotatable bonds is 15. The predicted octanol–water partition coefficient (Wildman–Crippen LogP) is -2.31. The quantitative estimate of drug-likeness (QED) is 0.0331. The minimum absolute atomic E-state index is 0.0395. The van der Waals surface area contributed by atoms with Crippen molar-refractivity contribution >= 4 is 50.4 Å². The number of aryl methyl sites for hydroxylation is 1. The Morgan fingerprint density at radius 2 is 2.04 bits per heavy atom. The summed E-state index contributed by atoms with van der Waals surface area (Å²) >= 11 is 0.939. The SMILES string of the molecule is CC1(C)[C@H](NC(=O)/C(=N\OC(COc2cnc(-n3cc[n+](CCCN)c3)nc2)C(=O)O)c2csc(N)n2)C(=O)N1OS(=O)(=O)[O-]. The average Bonchev–Trinajstić information content (AvgIpc) is 3.64. The third-order valence-corrected chi connectivity index (χ3v) is 7.21. The van der Waals surface area contributed by atoms with E-state index in [1.807, 2.05) is 10.8 Å². The topological polar surface area (TPSA) is 283 Å². The highest BCUT2D eigenvalue weighted by molar-refractivity contribution is 7.80. The van der Waals surface area contributed by atoms with E-state index in [0.717, 1.165) is 24.3 Å². The van der Waals surface area contributed by atoms with E-state index >= 15 is 0 Å². The molecule has 3 aromatic heterocycles. The van der Waals surface area contributed by atoms with Gasteiger partial charge in [0.1, 0.15) is 30.7 Å². The van der Waals surface area contributed by atoms with Gasteiger partial charge in [-0.15, -0.1) is 11.3 Å². The second kappa shape index (κ2) is 13.5. The molecule has 1 aliphatic rings. The lowest BCUT2D eigenvalue weighted by atomic mass is 9.84. The number of thiazole rings is 1. The van der Waals surface area contributed by atoms with Gasteiger partial charge < -0.3 is 36.0 Å². The number of nitrogen functional groups attached to an aromatic ring is 1. The Hall–Kier alpha value is -4.77. The zero-order chi connectivity index (χ0) is 32.9. The molecule has 0 aliphatic carbocycles. The molecule has 6 N–H and O–H groups in total. The van der Waals surface area contributed by atoms with Crippen molar-refractivity contribution in [3.8, 4) is 11.7 Å². The summed E-state index contributed by atoms with van der Waals surface area (Å²) in [5.41, 5.74) is 9.06. The number of carboxylic acids is 1. The fraction of sp³-hybridized carbons (Fsp3) is 0.391. The lowest BCUT2D eigenvalue weighted by molar-refractivity contribution is -0.696. The summed E-state index contributed by atoms with van der Waals surface area (Å²) in [7, 11) is -5.27. The molecule has 1 unspecified atom stereocenters. The Balaban J connectivity index is 1.44. The minimum Gasteiger partial charge on any atom is -0.724 e. The molecule has 1 aliphatic heterocycles. The second-order valence-electron chi connectivity index (χ2n) is 9.85. The van der Waals surface area contributed by atoms with Gasteiger partial charge in [0.2, 0.25) is 10.4 Å². The molecule has 0 spiro atoms. The first-order valence-corrected chi connectivity index (χ1v) is 15.1. The average molecular weight is 669 g/mol. The van der Waals surface area contributed by atoms with Gasteiger partial charge in [0.05, 0.1) is 24.5 Å². The highest BCUT2D eigenvalue weighted by Gasteiger charge is 2.57. The molecule has 0 saturated carbocycles. The van der Waals surface area contributed by atoms with Crippen molar-refractivity contribution in [2.75, 3.05) is 18.9 Å². The summed E-state index contributed by atoms with van der Waals surface area (Å²) in [5, 5.41) is 17.3. The van der Waals surface area contributed by atoms with E-state index in [9.17, 15) is 32.5 Å². The first-order chi connectivity index (χ1) is 21.2. The number of nitrogens with zero attached hydrogens (tertiary/aromatic N) is 7. The number of amides is 2. The number of oxime groups is 1. The third kappa shape index (κ3) is 8.04. The number of nitrogens with two attached hydrogens (primary N) is 2. The van der Waals surface area contributed by atoms with Crippen LogP contribution in [0.25, 0.3) is 5.95 Å². The Morgan fingerprint density at radius 1 is 1.33 bits per heavy atom. The zero-order valence-electron chi connectivity index (χ0n) is 23.7. The van der Waals surface area contributed by atoms with Crippen LogP contribution in [0.5, 0.6) is 5.75 Å². The van der Waals surface area contributed by atoms with Crippen molar-refractivity contribution in [3.63, 3.8) is 0 Å². The number of aliphatic carboxylic acids is 1. The maximum atomic E-state index is 13.2. The maximum absolute atomic E-state index is 13.2. The Bertz CT molecular complexity index is 1690. The van der Waals surface area contributed by atoms with Crippen molar-refractivity contribution in [2.24, 2.45) is 10.9 Å². The van der Waals surface area contributed by atoms with Crippen LogP contribution in [0.2, 0.25) is 0 Å². The normalized spacial score (nSPS) is 17.0. The van der Waals surface area contributed by atoms with Crippen LogP contribution in [-0.4, -0.2) is 97.0 Å². The number of carbonyl (C=O) groups is 3. The van der Waals surface area contributed by atoms with E-state index in [1.54, 1.807) is 17.1 Å². The van der Waals surface area contributed by atoms with Gasteiger partial charge in [0.25, 0.3) is 24.2 Å². The molecule has 22 heteroatoms. The minimum atomic E-state index is -5.27. The van der Waals surface area contributed by atoms with Crippen LogP contribution in [0.15, 0.2) is 41.7 Å². The van der Waals surface area contributed by atoms with Crippen molar-refractivity contribution in [1.29, 1.82) is 0 Å². The van der Waals surface area contributed by atoms with Crippen LogP contribution in [0.1, 0.15) is 26.0 Å². The van der Waals surface area contributed by atoms with Crippen molar-refractivity contribution in [3.05, 3.63) is 42.2 Å². The van der Waals surface area contributed by atoms with Crippen LogP contribution in [0.4, 0.5) is 5.13 Å². The third-order valence-electron chi connectivity index (χ3n) is 6.20. The highest BCUT2D eigenvalue weighted by Crippen LogP contribution is 2.33. The number of nitrogens with one attached hydrogen (secondary N) is 1. The predicted molar refractivity (Wildman–Crippen MR) is 150 cm³/mol. The van der Waals surface area contributed by atoms with Gasteiger partial charge in [0.15, 0.2) is 16.6 Å². The smallest absolute Gasteiger partial charge is 0.351 e.